The van der Waals surface area contributed by atoms with Crippen LogP contribution in [0.4, 0.5) is 18.0 Å². The normalized spacial score (nSPS) is 15.0. The second-order valence-corrected chi connectivity index (χ2v) is 9.38. The molecule has 2 heterocycles. The van der Waals surface area contributed by atoms with E-state index in [-0.39, 0.29) is 6.03 Å². The minimum Gasteiger partial charge on any atom is -0.337 e. The molecule has 1 aliphatic rings. The van der Waals surface area contributed by atoms with Gasteiger partial charge in [-0.3, -0.25) is 9.47 Å². The highest BCUT2D eigenvalue weighted by atomic mass is 19.4. The van der Waals surface area contributed by atoms with E-state index in [1.165, 1.54) is 17.7 Å². The summed E-state index contributed by atoms with van der Waals surface area (Å²) in [6.07, 6.45) is 3.06. The summed E-state index contributed by atoms with van der Waals surface area (Å²) in [4.78, 5) is 15.4. The van der Waals surface area contributed by atoms with Gasteiger partial charge in [-0.1, -0.05) is 36.4 Å². The standard InChI is InChI=1S/C28H32F3N3O/c1-20(2)33-17-14-22(15-18-33)25-19-34(26-9-4-3-8-24(25)26)27(35)32-16-6-5-7-21-10-12-23(13-11-21)28(29,30)31/h3-4,8-14,19-20H,5-7,15-18H2,1-2H3,(H,32,35). The number of unbranched alkanes of at least 4 members (excludes halogenated alkanes) is 1. The van der Waals surface area contributed by atoms with Gasteiger partial charge < -0.3 is 5.32 Å². The number of nitrogens with one attached hydrogen (secondary N) is 1. The lowest BCUT2D eigenvalue weighted by atomic mass is 9.98. The first-order valence-corrected chi connectivity index (χ1v) is 12.2. The van der Waals surface area contributed by atoms with E-state index < -0.39 is 11.7 Å². The summed E-state index contributed by atoms with van der Waals surface area (Å²) < 4.78 is 39.8. The van der Waals surface area contributed by atoms with Crippen LogP contribution >= 0.6 is 0 Å². The molecular formula is C28H32F3N3O. The average Bonchev–Trinajstić information content (AvgIpc) is 3.23. The van der Waals surface area contributed by atoms with Gasteiger partial charge in [-0.25, -0.2) is 4.79 Å². The van der Waals surface area contributed by atoms with Gasteiger partial charge in [0.25, 0.3) is 0 Å². The molecule has 0 fully saturated rings. The van der Waals surface area contributed by atoms with E-state index in [0.717, 1.165) is 66.5 Å². The number of benzene rings is 2. The summed E-state index contributed by atoms with van der Waals surface area (Å²) in [7, 11) is 0. The smallest absolute Gasteiger partial charge is 0.337 e. The van der Waals surface area contributed by atoms with Gasteiger partial charge in [-0.05, 0) is 68.9 Å². The van der Waals surface area contributed by atoms with Crippen molar-refractivity contribution in [2.75, 3.05) is 19.6 Å². The Morgan fingerprint density at radius 1 is 1.06 bits per heavy atom. The summed E-state index contributed by atoms with van der Waals surface area (Å²) >= 11 is 0. The van der Waals surface area contributed by atoms with Crippen LogP contribution in [-0.4, -0.2) is 41.2 Å². The lowest BCUT2D eigenvalue weighted by molar-refractivity contribution is -0.137. The van der Waals surface area contributed by atoms with Crippen molar-refractivity contribution in [2.24, 2.45) is 0 Å². The molecule has 186 valence electrons. The number of hydrogen-bond acceptors (Lipinski definition) is 2. The van der Waals surface area contributed by atoms with Crippen molar-refractivity contribution in [1.29, 1.82) is 0 Å². The predicted molar refractivity (Wildman–Crippen MR) is 134 cm³/mol. The Morgan fingerprint density at radius 3 is 2.46 bits per heavy atom. The van der Waals surface area contributed by atoms with Crippen LogP contribution in [0, 0.1) is 0 Å². The fraction of sp³-hybridized carbons (Fsp3) is 0.393. The molecular weight excluding hydrogens is 451 g/mol. The van der Waals surface area contributed by atoms with E-state index in [1.54, 1.807) is 4.57 Å². The number of alkyl halides is 3. The molecule has 0 spiro atoms. The van der Waals surface area contributed by atoms with Crippen LogP contribution < -0.4 is 5.32 Å². The molecule has 4 nitrogen and oxygen atoms in total. The molecule has 0 unspecified atom stereocenters. The molecule has 4 rings (SSSR count). The molecule has 0 bridgehead atoms. The quantitative estimate of drug-likeness (QED) is 0.378. The largest absolute Gasteiger partial charge is 0.416 e. The van der Waals surface area contributed by atoms with Gasteiger partial charge in [-0.2, -0.15) is 13.2 Å². The third kappa shape index (κ3) is 5.96. The lowest BCUT2D eigenvalue weighted by Gasteiger charge is -2.29. The fourth-order valence-corrected chi connectivity index (χ4v) is 4.60. The maximum absolute atomic E-state index is 13.0. The number of para-hydroxylation sites is 1. The fourth-order valence-electron chi connectivity index (χ4n) is 4.60. The minimum atomic E-state index is -4.31. The Kier molecular flexibility index (Phi) is 7.65. The molecule has 0 atom stereocenters. The van der Waals surface area contributed by atoms with Gasteiger partial charge >= 0.3 is 12.2 Å². The number of hydrogen-bond donors (Lipinski definition) is 1. The first-order chi connectivity index (χ1) is 16.7. The van der Waals surface area contributed by atoms with Gasteiger partial charge in [0.2, 0.25) is 0 Å². The first-order valence-electron chi connectivity index (χ1n) is 12.2. The van der Waals surface area contributed by atoms with Crippen molar-refractivity contribution < 1.29 is 18.0 Å². The number of rotatable bonds is 7. The highest BCUT2D eigenvalue weighted by molar-refractivity contribution is 5.99. The molecule has 0 saturated carbocycles. The van der Waals surface area contributed by atoms with Gasteiger partial charge in [0.15, 0.2) is 0 Å². The van der Waals surface area contributed by atoms with Crippen molar-refractivity contribution in [3.63, 3.8) is 0 Å². The van der Waals surface area contributed by atoms with Gasteiger partial charge in [0.05, 0.1) is 11.1 Å². The number of amides is 1. The van der Waals surface area contributed by atoms with Crippen molar-refractivity contribution >= 4 is 22.5 Å². The molecule has 3 aromatic rings. The van der Waals surface area contributed by atoms with Crippen LogP contribution in [0.1, 0.15) is 49.8 Å². The molecule has 35 heavy (non-hydrogen) atoms. The molecule has 0 radical (unpaired) electrons. The third-order valence-electron chi connectivity index (χ3n) is 6.70. The summed E-state index contributed by atoms with van der Waals surface area (Å²) in [6, 6.07) is 13.6. The zero-order chi connectivity index (χ0) is 25.0. The third-order valence-corrected chi connectivity index (χ3v) is 6.70. The van der Waals surface area contributed by atoms with Crippen molar-refractivity contribution in [1.82, 2.24) is 14.8 Å². The molecule has 0 aliphatic carbocycles. The topological polar surface area (TPSA) is 37.3 Å². The maximum Gasteiger partial charge on any atom is 0.416 e. The predicted octanol–water partition coefficient (Wildman–Crippen LogP) is 6.74. The molecule has 0 saturated heterocycles. The minimum absolute atomic E-state index is 0.165. The van der Waals surface area contributed by atoms with Gasteiger partial charge in [0.1, 0.15) is 0 Å². The number of fused-ring (bicyclic) bond motifs is 1. The number of carbonyl (C=O) groups is 1. The Balaban J connectivity index is 1.35. The van der Waals surface area contributed by atoms with E-state index in [1.807, 2.05) is 24.4 Å². The SMILES string of the molecule is CC(C)N1CC=C(c2cn(C(=O)NCCCCc3ccc(C(F)(F)F)cc3)c3ccccc23)CC1. The van der Waals surface area contributed by atoms with E-state index in [4.69, 9.17) is 0 Å². The zero-order valence-electron chi connectivity index (χ0n) is 20.2. The molecule has 2 aromatic carbocycles. The Hall–Kier alpha value is -3.06. The van der Waals surface area contributed by atoms with Gasteiger partial charge in [0, 0.05) is 42.8 Å². The molecule has 7 heteroatoms. The number of aromatic nitrogens is 1. The Morgan fingerprint density at radius 2 is 1.80 bits per heavy atom. The van der Waals surface area contributed by atoms with Crippen molar-refractivity contribution in [3.05, 3.63) is 77.5 Å². The average molecular weight is 484 g/mol. The van der Waals surface area contributed by atoms with Crippen molar-refractivity contribution in [3.8, 4) is 0 Å². The van der Waals surface area contributed by atoms with Crippen molar-refractivity contribution in [2.45, 2.75) is 51.7 Å². The molecule has 1 N–H and O–H groups in total. The molecule has 1 amide bonds. The van der Waals surface area contributed by atoms with E-state index in [9.17, 15) is 18.0 Å². The monoisotopic (exact) mass is 483 g/mol. The maximum atomic E-state index is 13.0. The summed E-state index contributed by atoms with van der Waals surface area (Å²) in [5, 5.41) is 4.07. The molecule has 1 aromatic heterocycles. The van der Waals surface area contributed by atoms with Crippen LogP contribution in [0.5, 0.6) is 0 Å². The first kappa shape index (κ1) is 25.0. The second kappa shape index (κ2) is 10.7. The highest BCUT2D eigenvalue weighted by Crippen LogP contribution is 2.31. The zero-order valence-corrected chi connectivity index (χ0v) is 20.2. The number of nitrogens with zero attached hydrogens (tertiary/aromatic N) is 2. The second-order valence-electron chi connectivity index (χ2n) is 9.38. The Labute approximate surface area is 204 Å². The van der Waals surface area contributed by atoms with Crippen LogP contribution in [0.2, 0.25) is 0 Å². The van der Waals surface area contributed by atoms with Crippen LogP contribution in [0.15, 0.2) is 60.8 Å². The van der Waals surface area contributed by atoms with Crippen LogP contribution in [0.3, 0.4) is 0 Å². The summed E-state index contributed by atoms with van der Waals surface area (Å²) in [5.74, 6) is 0. The summed E-state index contributed by atoms with van der Waals surface area (Å²) in [5.41, 5.74) is 3.51. The van der Waals surface area contributed by atoms with Crippen LogP contribution in [0.25, 0.3) is 16.5 Å². The van der Waals surface area contributed by atoms with Gasteiger partial charge in [-0.15, -0.1) is 0 Å². The lowest BCUT2D eigenvalue weighted by Crippen LogP contribution is -2.34. The number of halogens is 3. The van der Waals surface area contributed by atoms with E-state index >= 15 is 0 Å². The summed E-state index contributed by atoms with van der Waals surface area (Å²) in [6.45, 7) is 6.84. The van der Waals surface area contributed by atoms with E-state index in [2.05, 4.69) is 36.2 Å². The highest BCUT2D eigenvalue weighted by Gasteiger charge is 2.29. The number of carbonyl (C=O) groups excluding carboxylic acids is 1. The molecule has 1 aliphatic heterocycles. The number of aryl methyl sites for hydroxylation is 1. The van der Waals surface area contributed by atoms with E-state index in [0.29, 0.717) is 19.0 Å². The Bertz CT molecular complexity index is 1190. The van der Waals surface area contributed by atoms with Crippen LogP contribution in [-0.2, 0) is 12.6 Å².